The molecule has 1 aromatic heterocycles. The quantitative estimate of drug-likeness (QED) is 0.940. The number of hydrogen-bond acceptors (Lipinski definition) is 4. The van der Waals surface area contributed by atoms with Crippen molar-refractivity contribution in [3.63, 3.8) is 0 Å². The number of nitrogens with zero attached hydrogens (tertiary/aromatic N) is 2. The summed E-state index contributed by atoms with van der Waals surface area (Å²) in [5.74, 6) is -0.297. The van der Waals surface area contributed by atoms with Crippen LogP contribution in [0, 0.1) is 6.92 Å². The van der Waals surface area contributed by atoms with Gasteiger partial charge < -0.3 is 19.3 Å². The van der Waals surface area contributed by atoms with Crippen molar-refractivity contribution in [1.82, 2.24) is 0 Å². The maximum atomic E-state index is 11.1. The van der Waals surface area contributed by atoms with Crippen LogP contribution in [-0.4, -0.2) is 31.2 Å². The smallest absolute Gasteiger partial charge is 0.372 e. The van der Waals surface area contributed by atoms with Gasteiger partial charge in [-0.15, -0.1) is 0 Å². The van der Waals surface area contributed by atoms with Gasteiger partial charge in [0.25, 0.3) is 0 Å². The molecule has 0 saturated heterocycles. The van der Waals surface area contributed by atoms with Crippen LogP contribution in [0.15, 0.2) is 34.7 Å². The molecule has 1 N–H and O–H groups in total. The highest BCUT2D eigenvalue weighted by Gasteiger charge is 2.22. The number of para-hydroxylation sites is 2. The lowest BCUT2D eigenvalue weighted by Gasteiger charge is -2.36. The van der Waals surface area contributed by atoms with Crippen LogP contribution in [0.5, 0.6) is 0 Å². The second-order valence-corrected chi connectivity index (χ2v) is 5.36. The van der Waals surface area contributed by atoms with Crippen molar-refractivity contribution in [2.45, 2.75) is 13.5 Å². The summed E-state index contributed by atoms with van der Waals surface area (Å²) in [4.78, 5) is 15.5. The Morgan fingerprint density at radius 3 is 2.67 bits per heavy atom. The Labute approximate surface area is 123 Å². The van der Waals surface area contributed by atoms with Gasteiger partial charge in [-0.05, 0) is 25.1 Å². The third kappa shape index (κ3) is 2.46. The summed E-state index contributed by atoms with van der Waals surface area (Å²) in [6, 6.07) is 10.0. The van der Waals surface area contributed by atoms with Gasteiger partial charge in [0.2, 0.25) is 5.76 Å². The topological polar surface area (TPSA) is 56.9 Å². The lowest BCUT2D eigenvalue weighted by Crippen LogP contribution is -2.38. The zero-order valence-electron chi connectivity index (χ0n) is 12.2. The zero-order chi connectivity index (χ0) is 15.0. The Morgan fingerprint density at radius 1 is 1.29 bits per heavy atom. The van der Waals surface area contributed by atoms with Crippen LogP contribution < -0.4 is 9.80 Å². The van der Waals surface area contributed by atoms with E-state index in [1.807, 2.05) is 18.2 Å². The largest absolute Gasteiger partial charge is 0.475 e. The van der Waals surface area contributed by atoms with E-state index in [4.69, 9.17) is 9.52 Å². The van der Waals surface area contributed by atoms with Crippen molar-refractivity contribution in [3.8, 4) is 0 Å². The van der Waals surface area contributed by atoms with E-state index < -0.39 is 5.97 Å². The van der Waals surface area contributed by atoms with Crippen molar-refractivity contribution in [2.24, 2.45) is 0 Å². The highest BCUT2D eigenvalue weighted by atomic mass is 16.4. The zero-order valence-corrected chi connectivity index (χ0v) is 12.2. The Hall–Kier alpha value is -2.43. The first-order chi connectivity index (χ1) is 10.1. The number of benzene rings is 1. The lowest BCUT2D eigenvalue weighted by atomic mass is 10.1. The first-order valence-electron chi connectivity index (χ1n) is 6.94. The molecule has 0 spiro atoms. The van der Waals surface area contributed by atoms with Crippen molar-refractivity contribution in [3.05, 3.63) is 47.4 Å². The second kappa shape index (κ2) is 5.16. The van der Waals surface area contributed by atoms with E-state index in [1.54, 1.807) is 6.92 Å². The van der Waals surface area contributed by atoms with Gasteiger partial charge in [0.1, 0.15) is 5.76 Å². The Morgan fingerprint density at radius 2 is 2.00 bits per heavy atom. The van der Waals surface area contributed by atoms with Crippen LogP contribution in [0.2, 0.25) is 0 Å². The number of furan rings is 1. The molecule has 0 saturated carbocycles. The van der Waals surface area contributed by atoms with Crippen molar-refractivity contribution in [2.75, 3.05) is 29.9 Å². The predicted octanol–water partition coefficient (Wildman–Crippen LogP) is 2.74. The van der Waals surface area contributed by atoms with Gasteiger partial charge >= 0.3 is 5.97 Å². The summed E-state index contributed by atoms with van der Waals surface area (Å²) in [5.41, 5.74) is 3.00. The summed E-state index contributed by atoms with van der Waals surface area (Å²) >= 11 is 0. The highest BCUT2D eigenvalue weighted by molar-refractivity contribution is 5.86. The number of carboxylic acid groups (broad SMARTS) is 1. The molecule has 0 bridgehead atoms. The molecule has 1 aliphatic heterocycles. The van der Waals surface area contributed by atoms with Gasteiger partial charge in [-0.25, -0.2) is 4.79 Å². The van der Waals surface area contributed by atoms with Crippen LogP contribution in [0.4, 0.5) is 11.4 Å². The molecule has 0 radical (unpaired) electrons. The maximum Gasteiger partial charge on any atom is 0.372 e. The van der Waals surface area contributed by atoms with Crippen LogP contribution in [0.3, 0.4) is 0 Å². The Bertz CT molecular complexity index is 678. The van der Waals surface area contributed by atoms with Crippen LogP contribution in [-0.2, 0) is 6.54 Å². The summed E-state index contributed by atoms with van der Waals surface area (Å²) < 4.78 is 5.47. The Balaban J connectivity index is 1.88. The molecule has 3 rings (SSSR count). The minimum absolute atomic E-state index is 0.0346. The van der Waals surface area contributed by atoms with Crippen LogP contribution >= 0.6 is 0 Å². The molecular formula is C16H18N2O3. The van der Waals surface area contributed by atoms with Gasteiger partial charge in [-0.1, -0.05) is 12.1 Å². The number of fused-ring (bicyclic) bond motifs is 1. The average molecular weight is 286 g/mol. The minimum atomic E-state index is -1.02. The molecule has 0 fully saturated rings. The lowest BCUT2D eigenvalue weighted by molar-refractivity contribution is 0.0659. The fourth-order valence-electron chi connectivity index (χ4n) is 2.76. The fourth-order valence-corrected chi connectivity index (χ4v) is 2.76. The summed E-state index contributed by atoms with van der Waals surface area (Å²) in [6.45, 7) is 4.16. The molecule has 1 aromatic carbocycles. The van der Waals surface area contributed by atoms with E-state index in [1.165, 1.54) is 5.69 Å². The van der Waals surface area contributed by atoms with Crippen molar-refractivity contribution >= 4 is 17.3 Å². The van der Waals surface area contributed by atoms with Crippen LogP contribution in [0.25, 0.3) is 0 Å². The van der Waals surface area contributed by atoms with Gasteiger partial charge in [0.15, 0.2) is 0 Å². The van der Waals surface area contributed by atoms with Crippen molar-refractivity contribution < 1.29 is 14.3 Å². The molecule has 0 aliphatic carbocycles. The standard InChI is InChI=1S/C16H18N2O3/c1-11-9-12(21-15(11)16(19)20)10-18-8-7-17(2)13-5-3-4-6-14(13)18/h3-6,9H,7-8,10H2,1-2H3,(H,19,20). The average Bonchev–Trinajstić information content (AvgIpc) is 2.83. The normalized spacial score (nSPS) is 14.2. The molecule has 5 nitrogen and oxygen atoms in total. The number of carboxylic acids is 1. The number of rotatable bonds is 3. The number of hydrogen-bond donors (Lipinski definition) is 1. The molecule has 0 atom stereocenters. The van der Waals surface area contributed by atoms with Gasteiger partial charge in [0.05, 0.1) is 17.9 Å². The van der Waals surface area contributed by atoms with E-state index in [0.29, 0.717) is 17.9 Å². The minimum Gasteiger partial charge on any atom is -0.475 e. The van der Waals surface area contributed by atoms with E-state index in [0.717, 1.165) is 18.8 Å². The van der Waals surface area contributed by atoms with Crippen molar-refractivity contribution in [1.29, 1.82) is 0 Å². The maximum absolute atomic E-state index is 11.1. The first kappa shape index (κ1) is 13.5. The number of carbonyl (C=O) groups is 1. The molecule has 2 aromatic rings. The van der Waals surface area contributed by atoms with E-state index in [-0.39, 0.29) is 5.76 Å². The SMILES string of the molecule is Cc1cc(CN2CCN(C)c3ccccc32)oc1C(=O)O. The molecule has 0 unspecified atom stereocenters. The fraction of sp³-hybridized carbons (Fsp3) is 0.312. The summed E-state index contributed by atoms with van der Waals surface area (Å²) in [7, 11) is 2.08. The molecule has 1 aliphatic rings. The molecule has 5 heteroatoms. The van der Waals surface area contributed by atoms with E-state index in [2.05, 4.69) is 29.0 Å². The van der Waals surface area contributed by atoms with Gasteiger partial charge in [-0.3, -0.25) is 0 Å². The first-order valence-corrected chi connectivity index (χ1v) is 6.94. The number of aryl methyl sites for hydroxylation is 1. The Kier molecular flexibility index (Phi) is 3.33. The second-order valence-electron chi connectivity index (χ2n) is 5.36. The van der Waals surface area contributed by atoms with Gasteiger partial charge in [-0.2, -0.15) is 0 Å². The summed E-state index contributed by atoms with van der Waals surface area (Å²) in [5, 5.41) is 9.06. The molecule has 21 heavy (non-hydrogen) atoms. The van der Waals surface area contributed by atoms with Crippen LogP contribution in [0.1, 0.15) is 21.9 Å². The highest BCUT2D eigenvalue weighted by Crippen LogP contribution is 2.33. The summed E-state index contributed by atoms with van der Waals surface area (Å²) in [6.07, 6.45) is 0. The van der Waals surface area contributed by atoms with E-state index >= 15 is 0 Å². The van der Waals surface area contributed by atoms with Gasteiger partial charge in [0, 0.05) is 25.7 Å². The predicted molar refractivity (Wildman–Crippen MR) is 81.2 cm³/mol. The van der Waals surface area contributed by atoms with E-state index in [9.17, 15) is 4.79 Å². The number of aromatic carboxylic acids is 1. The third-order valence-electron chi connectivity index (χ3n) is 3.85. The molecule has 2 heterocycles. The molecule has 0 amide bonds. The number of likely N-dealkylation sites (N-methyl/N-ethyl adjacent to an activating group) is 1. The number of anilines is 2. The molecular weight excluding hydrogens is 268 g/mol. The molecule has 110 valence electrons. The monoisotopic (exact) mass is 286 g/mol. The third-order valence-corrected chi connectivity index (χ3v) is 3.85.